The van der Waals surface area contributed by atoms with E-state index in [9.17, 15) is 4.79 Å². The Bertz CT molecular complexity index is 859. The zero-order valence-electron chi connectivity index (χ0n) is 19.2. The number of phenolic OH excluding ortho intramolecular Hbond substituents is 1. The number of aromatic hydroxyl groups is 1. The minimum Gasteiger partial charge on any atom is -0.508 e. The SMILES string of the molecule is CC1(C)C2CC(C/C=C\CCCC(=O)O)CC1C2.Oc1ccc(Sc2ccccc2)cc1. The van der Waals surface area contributed by atoms with Gasteiger partial charge in [0.15, 0.2) is 0 Å². The first-order valence-electron chi connectivity index (χ1n) is 11.7. The molecule has 3 aliphatic carbocycles. The summed E-state index contributed by atoms with van der Waals surface area (Å²) in [6.07, 6.45) is 11.9. The number of carbonyl (C=O) groups is 1. The number of carboxylic acid groups (broad SMARTS) is 1. The largest absolute Gasteiger partial charge is 0.508 e. The normalized spacial score (nSPS) is 23.1. The predicted molar refractivity (Wildman–Crippen MR) is 132 cm³/mol. The Hall–Kier alpha value is -2.20. The Labute approximate surface area is 197 Å². The van der Waals surface area contributed by atoms with E-state index in [4.69, 9.17) is 10.2 Å². The molecule has 3 saturated carbocycles. The lowest BCUT2D eigenvalue weighted by Crippen LogP contribution is -2.50. The molecule has 2 atom stereocenters. The van der Waals surface area contributed by atoms with Gasteiger partial charge in [-0.25, -0.2) is 0 Å². The number of allylic oxidation sites excluding steroid dienone is 2. The summed E-state index contributed by atoms with van der Waals surface area (Å²) in [4.78, 5) is 12.7. The van der Waals surface area contributed by atoms with Crippen LogP contribution in [0.4, 0.5) is 0 Å². The van der Waals surface area contributed by atoms with Crippen LogP contribution in [-0.4, -0.2) is 16.2 Å². The molecule has 5 rings (SSSR count). The van der Waals surface area contributed by atoms with Crippen LogP contribution in [0.2, 0.25) is 0 Å². The van der Waals surface area contributed by atoms with E-state index in [1.807, 2.05) is 30.3 Å². The second-order valence-corrected chi connectivity index (χ2v) is 10.8. The summed E-state index contributed by atoms with van der Waals surface area (Å²) in [5.41, 5.74) is 0.613. The van der Waals surface area contributed by atoms with Gasteiger partial charge in [-0.3, -0.25) is 4.79 Å². The average molecular weight is 453 g/mol. The molecule has 0 aliphatic heterocycles. The highest BCUT2D eigenvalue weighted by atomic mass is 32.2. The van der Waals surface area contributed by atoms with Crippen molar-refractivity contribution in [2.75, 3.05) is 0 Å². The number of fused-ring (bicyclic) bond motifs is 2. The molecule has 0 heterocycles. The monoisotopic (exact) mass is 452 g/mol. The van der Waals surface area contributed by atoms with Gasteiger partial charge in [0.05, 0.1) is 0 Å². The number of aliphatic carboxylic acids is 1. The van der Waals surface area contributed by atoms with Gasteiger partial charge in [-0.05, 0) is 98.1 Å². The van der Waals surface area contributed by atoms with Crippen LogP contribution < -0.4 is 0 Å². The Morgan fingerprint density at radius 1 is 0.969 bits per heavy atom. The third kappa shape index (κ3) is 7.16. The summed E-state index contributed by atoms with van der Waals surface area (Å²) in [6, 6.07) is 17.4. The van der Waals surface area contributed by atoms with E-state index in [2.05, 4.69) is 38.1 Å². The minimum atomic E-state index is -0.682. The molecule has 0 radical (unpaired) electrons. The van der Waals surface area contributed by atoms with Crippen LogP contribution in [-0.2, 0) is 4.79 Å². The first-order chi connectivity index (χ1) is 15.3. The van der Waals surface area contributed by atoms with E-state index in [1.54, 1.807) is 23.9 Å². The lowest BCUT2D eigenvalue weighted by molar-refractivity contribution is -0.137. The third-order valence-electron chi connectivity index (χ3n) is 7.12. The third-order valence-corrected chi connectivity index (χ3v) is 8.14. The molecule has 32 heavy (non-hydrogen) atoms. The van der Waals surface area contributed by atoms with Crippen molar-refractivity contribution in [2.24, 2.45) is 23.2 Å². The number of hydrogen-bond donors (Lipinski definition) is 2. The van der Waals surface area contributed by atoms with Gasteiger partial charge in [-0.2, -0.15) is 0 Å². The van der Waals surface area contributed by atoms with Gasteiger partial charge in [-0.15, -0.1) is 0 Å². The van der Waals surface area contributed by atoms with Crippen LogP contribution in [0.3, 0.4) is 0 Å². The van der Waals surface area contributed by atoms with Crippen molar-refractivity contribution in [3.8, 4) is 5.75 Å². The molecule has 0 spiro atoms. The van der Waals surface area contributed by atoms with Gasteiger partial charge in [0, 0.05) is 16.2 Å². The van der Waals surface area contributed by atoms with Crippen molar-refractivity contribution in [3.63, 3.8) is 0 Å². The Balaban J connectivity index is 0.000000186. The maximum absolute atomic E-state index is 10.4. The summed E-state index contributed by atoms with van der Waals surface area (Å²) < 4.78 is 0. The Morgan fingerprint density at radius 2 is 1.59 bits per heavy atom. The topological polar surface area (TPSA) is 57.5 Å². The first kappa shape index (κ1) is 24.4. The van der Waals surface area contributed by atoms with Crippen molar-refractivity contribution >= 4 is 17.7 Å². The molecule has 0 amide bonds. The molecule has 2 bridgehead atoms. The van der Waals surface area contributed by atoms with Crippen molar-refractivity contribution in [3.05, 3.63) is 66.7 Å². The highest BCUT2D eigenvalue weighted by molar-refractivity contribution is 7.99. The zero-order chi connectivity index (χ0) is 23.0. The molecule has 2 aromatic rings. The number of hydrogen-bond acceptors (Lipinski definition) is 3. The summed E-state index contributed by atoms with van der Waals surface area (Å²) >= 11 is 1.69. The number of benzene rings is 2. The van der Waals surface area contributed by atoms with E-state index in [0.29, 0.717) is 17.6 Å². The number of rotatable bonds is 8. The van der Waals surface area contributed by atoms with Gasteiger partial charge < -0.3 is 10.2 Å². The van der Waals surface area contributed by atoms with Gasteiger partial charge >= 0.3 is 5.97 Å². The lowest BCUT2D eigenvalue weighted by Gasteiger charge is -2.59. The standard InChI is InChI=1S/C16H26O2.C12H10OS/c1-16(2)13-9-12(10-14(16)11-13)7-5-3-4-6-8-15(17)18;13-10-6-8-12(9-7-10)14-11-4-2-1-3-5-11/h3,5,12-14H,4,6-11H2,1-2H3,(H,17,18);1-9,13H/b5-3-;. The maximum atomic E-state index is 10.4. The van der Waals surface area contributed by atoms with Crippen LogP contribution >= 0.6 is 11.8 Å². The fourth-order valence-corrected chi connectivity index (χ4v) is 5.77. The van der Waals surface area contributed by atoms with Gasteiger partial charge in [-0.1, -0.05) is 56.0 Å². The highest BCUT2D eigenvalue weighted by Gasteiger charge is 2.52. The molecular weight excluding hydrogens is 416 g/mol. The molecule has 2 N–H and O–H groups in total. The zero-order valence-corrected chi connectivity index (χ0v) is 20.1. The molecule has 172 valence electrons. The maximum Gasteiger partial charge on any atom is 0.303 e. The molecule has 4 heteroatoms. The summed E-state index contributed by atoms with van der Waals surface area (Å²) in [5.74, 6) is 2.43. The average Bonchev–Trinajstić information content (AvgIpc) is 2.79. The first-order valence-corrected chi connectivity index (χ1v) is 12.5. The smallest absolute Gasteiger partial charge is 0.303 e. The number of phenols is 1. The second kappa shape index (κ2) is 11.6. The Morgan fingerprint density at radius 3 is 2.19 bits per heavy atom. The van der Waals surface area contributed by atoms with Crippen molar-refractivity contribution < 1.29 is 15.0 Å². The fourth-order valence-electron chi connectivity index (χ4n) is 4.93. The highest BCUT2D eigenvalue weighted by Crippen LogP contribution is 2.61. The molecule has 0 saturated heterocycles. The Kier molecular flexibility index (Phi) is 8.86. The van der Waals surface area contributed by atoms with E-state index in [-0.39, 0.29) is 0 Å². The van der Waals surface area contributed by atoms with Crippen molar-refractivity contribution in [1.82, 2.24) is 0 Å². The molecule has 3 aliphatic rings. The molecule has 2 unspecified atom stereocenters. The van der Waals surface area contributed by atoms with Crippen molar-refractivity contribution in [2.45, 2.75) is 68.6 Å². The summed E-state index contributed by atoms with van der Waals surface area (Å²) in [7, 11) is 0. The van der Waals surface area contributed by atoms with E-state index >= 15 is 0 Å². The van der Waals surface area contributed by atoms with Crippen LogP contribution in [0.5, 0.6) is 5.75 Å². The van der Waals surface area contributed by atoms with Gasteiger partial charge in [0.2, 0.25) is 0 Å². The summed E-state index contributed by atoms with van der Waals surface area (Å²) in [5, 5.41) is 17.6. The van der Waals surface area contributed by atoms with Crippen molar-refractivity contribution in [1.29, 1.82) is 0 Å². The molecule has 0 aromatic heterocycles. The quantitative estimate of drug-likeness (QED) is 0.317. The molecular formula is C28H36O3S. The molecule has 3 fully saturated rings. The minimum absolute atomic E-state index is 0.298. The van der Waals surface area contributed by atoms with E-state index < -0.39 is 5.97 Å². The van der Waals surface area contributed by atoms with Gasteiger partial charge in [0.1, 0.15) is 5.75 Å². The predicted octanol–water partition coefficient (Wildman–Crippen LogP) is 7.80. The van der Waals surface area contributed by atoms with Crippen LogP contribution in [0.1, 0.15) is 58.8 Å². The second-order valence-electron chi connectivity index (χ2n) is 9.69. The fraction of sp³-hybridized carbons (Fsp3) is 0.464. The number of unbranched alkanes of at least 4 members (excludes halogenated alkanes) is 1. The van der Waals surface area contributed by atoms with Crippen LogP contribution in [0.15, 0.2) is 76.5 Å². The van der Waals surface area contributed by atoms with E-state index in [1.165, 1.54) is 30.6 Å². The molecule has 2 aromatic carbocycles. The van der Waals surface area contributed by atoms with Crippen LogP contribution in [0.25, 0.3) is 0 Å². The van der Waals surface area contributed by atoms with Gasteiger partial charge in [0.25, 0.3) is 0 Å². The summed E-state index contributed by atoms with van der Waals surface area (Å²) in [6.45, 7) is 4.87. The lowest BCUT2D eigenvalue weighted by atomic mass is 9.46. The number of carboxylic acids is 1. The van der Waals surface area contributed by atoms with E-state index in [0.717, 1.165) is 35.5 Å². The molecule has 3 nitrogen and oxygen atoms in total. The van der Waals surface area contributed by atoms with Crippen LogP contribution in [0, 0.1) is 23.2 Å².